The summed E-state index contributed by atoms with van der Waals surface area (Å²) in [4.78, 5) is 24.6. The molecule has 3 heterocycles. The number of nitrogens with zero attached hydrogens (tertiary/aromatic N) is 2. The maximum atomic E-state index is 12.4. The molecule has 2 aliphatic rings. The first-order chi connectivity index (χ1) is 13.1. The third-order valence-corrected chi connectivity index (χ3v) is 5.75. The number of benzene rings is 1. The number of carbonyl (C=O) groups is 2. The Labute approximate surface area is 161 Å². The van der Waals surface area contributed by atoms with Gasteiger partial charge in [-0.25, -0.2) is 4.68 Å². The summed E-state index contributed by atoms with van der Waals surface area (Å²) in [7, 11) is 0. The van der Waals surface area contributed by atoms with E-state index in [0.29, 0.717) is 19.0 Å². The number of anilines is 1. The first-order valence-corrected chi connectivity index (χ1v) is 10.2. The fraction of sp³-hybridized carbons (Fsp3) is 0.421. The van der Waals surface area contributed by atoms with Gasteiger partial charge in [-0.05, 0) is 31.9 Å². The minimum absolute atomic E-state index is 0.000448. The van der Waals surface area contributed by atoms with Crippen LogP contribution in [0.2, 0.25) is 0 Å². The summed E-state index contributed by atoms with van der Waals surface area (Å²) >= 11 is 1.75. The summed E-state index contributed by atoms with van der Waals surface area (Å²) < 4.78 is 7.19. The fourth-order valence-electron chi connectivity index (χ4n) is 3.27. The molecule has 1 aromatic heterocycles. The molecule has 0 aliphatic carbocycles. The molecular weight excluding hydrogens is 364 g/mol. The number of hydrogen-bond donors (Lipinski definition) is 2. The van der Waals surface area contributed by atoms with Crippen LogP contribution in [-0.2, 0) is 25.8 Å². The molecule has 1 fully saturated rings. The molecule has 4 rings (SSSR count). The summed E-state index contributed by atoms with van der Waals surface area (Å²) in [5.41, 5.74) is 3.94. The van der Waals surface area contributed by atoms with E-state index in [9.17, 15) is 9.59 Å². The van der Waals surface area contributed by atoms with Crippen LogP contribution in [0.15, 0.2) is 24.3 Å². The van der Waals surface area contributed by atoms with Crippen molar-refractivity contribution in [3.63, 3.8) is 0 Å². The average molecular weight is 386 g/mol. The number of nitrogens with one attached hydrogen (secondary N) is 2. The van der Waals surface area contributed by atoms with Gasteiger partial charge in [-0.2, -0.15) is 16.9 Å². The fourth-order valence-corrected chi connectivity index (χ4v) is 4.31. The van der Waals surface area contributed by atoms with Crippen molar-refractivity contribution in [2.75, 3.05) is 18.5 Å². The Bertz CT molecular complexity index is 857. The predicted octanol–water partition coefficient (Wildman–Crippen LogP) is 2.16. The SMILES string of the molecule is Cc1ccc(-n2nc3c(c2NC(=O)C(=O)NC[C@H]2CCCO2)CSC3)cc1. The number of carbonyl (C=O) groups excluding carboxylic acids is 2. The van der Waals surface area contributed by atoms with Crippen molar-refractivity contribution in [2.45, 2.75) is 37.4 Å². The van der Waals surface area contributed by atoms with Crippen molar-refractivity contribution < 1.29 is 14.3 Å². The van der Waals surface area contributed by atoms with Crippen LogP contribution in [0, 0.1) is 6.92 Å². The zero-order valence-corrected chi connectivity index (χ0v) is 16.0. The topological polar surface area (TPSA) is 85.2 Å². The van der Waals surface area contributed by atoms with Gasteiger partial charge in [0, 0.05) is 30.2 Å². The monoisotopic (exact) mass is 386 g/mol. The minimum Gasteiger partial charge on any atom is -0.376 e. The van der Waals surface area contributed by atoms with Crippen LogP contribution < -0.4 is 10.6 Å². The summed E-state index contributed by atoms with van der Waals surface area (Å²) in [6.07, 6.45) is 1.90. The smallest absolute Gasteiger partial charge is 0.314 e. The van der Waals surface area contributed by atoms with Crippen molar-refractivity contribution in [1.82, 2.24) is 15.1 Å². The number of amides is 2. The van der Waals surface area contributed by atoms with Gasteiger partial charge in [0.2, 0.25) is 0 Å². The molecule has 27 heavy (non-hydrogen) atoms. The van der Waals surface area contributed by atoms with E-state index in [-0.39, 0.29) is 6.10 Å². The minimum atomic E-state index is -0.680. The van der Waals surface area contributed by atoms with E-state index < -0.39 is 11.8 Å². The van der Waals surface area contributed by atoms with Gasteiger partial charge < -0.3 is 15.4 Å². The summed E-state index contributed by atoms with van der Waals surface area (Å²) in [5.74, 6) is 0.829. The van der Waals surface area contributed by atoms with Gasteiger partial charge in [-0.1, -0.05) is 17.7 Å². The highest BCUT2D eigenvalue weighted by Crippen LogP contribution is 2.36. The lowest BCUT2D eigenvalue weighted by atomic mass is 10.2. The summed E-state index contributed by atoms with van der Waals surface area (Å²) in [6.45, 7) is 3.09. The average Bonchev–Trinajstić information content (AvgIpc) is 3.39. The zero-order chi connectivity index (χ0) is 18.8. The molecular formula is C19H22N4O3S. The first kappa shape index (κ1) is 18.1. The van der Waals surface area contributed by atoms with Gasteiger partial charge in [0.25, 0.3) is 0 Å². The first-order valence-electron chi connectivity index (χ1n) is 9.08. The Morgan fingerprint density at radius 3 is 2.81 bits per heavy atom. The van der Waals surface area contributed by atoms with Crippen molar-refractivity contribution in [2.24, 2.45) is 0 Å². The second-order valence-electron chi connectivity index (χ2n) is 6.81. The van der Waals surface area contributed by atoms with E-state index in [1.165, 1.54) is 0 Å². The van der Waals surface area contributed by atoms with Crippen molar-refractivity contribution in [3.05, 3.63) is 41.1 Å². The third kappa shape index (κ3) is 3.86. The second kappa shape index (κ2) is 7.74. The molecule has 2 N–H and O–H groups in total. The Kier molecular flexibility index (Phi) is 5.18. The molecule has 2 aromatic rings. The van der Waals surface area contributed by atoms with Crippen LogP contribution in [0.3, 0.4) is 0 Å². The maximum absolute atomic E-state index is 12.4. The molecule has 0 spiro atoms. The van der Waals surface area contributed by atoms with Crippen LogP contribution >= 0.6 is 11.8 Å². The van der Waals surface area contributed by atoms with Crippen LogP contribution in [-0.4, -0.2) is 40.9 Å². The molecule has 1 aromatic carbocycles. The van der Waals surface area contributed by atoms with Crippen molar-refractivity contribution >= 4 is 29.4 Å². The number of aromatic nitrogens is 2. The van der Waals surface area contributed by atoms with E-state index >= 15 is 0 Å². The van der Waals surface area contributed by atoms with Gasteiger partial charge in [-0.3, -0.25) is 9.59 Å². The molecule has 0 bridgehead atoms. The Morgan fingerprint density at radius 1 is 1.26 bits per heavy atom. The number of rotatable bonds is 4. The standard InChI is InChI=1S/C19H22N4O3S/c1-12-4-6-13(7-5-12)23-17(15-10-27-11-16(15)22-23)21-19(25)18(24)20-9-14-3-2-8-26-14/h4-7,14H,2-3,8-11H2,1H3,(H,20,24)(H,21,25)/t14-/m1/s1. The lowest BCUT2D eigenvalue weighted by Gasteiger charge is -2.13. The van der Waals surface area contributed by atoms with E-state index in [4.69, 9.17) is 4.74 Å². The molecule has 2 aliphatic heterocycles. The molecule has 0 radical (unpaired) electrons. The summed E-state index contributed by atoms with van der Waals surface area (Å²) in [5, 5.41) is 10.1. The predicted molar refractivity (Wildman–Crippen MR) is 104 cm³/mol. The van der Waals surface area contributed by atoms with Gasteiger partial charge in [0.15, 0.2) is 0 Å². The Balaban J connectivity index is 1.51. The van der Waals surface area contributed by atoms with Crippen LogP contribution in [0.25, 0.3) is 5.69 Å². The molecule has 2 amide bonds. The van der Waals surface area contributed by atoms with Gasteiger partial charge in [0.05, 0.1) is 17.5 Å². The second-order valence-corrected chi connectivity index (χ2v) is 7.80. The van der Waals surface area contributed by atoms with Crippen molar-refractivity contribution in [1.29, 1.82) is 0 Å². The lowest BCUT2D eigenvalue weighted by Crippen LogP contribution is -2.39. The molecule has 1 atom stereocenters. The van der Waals surface area contributed by atoms with Crippen LogP contribution in [0.4, 0.5) is 5.82 Å². The molecule has 8 heteroatoms. The van der Waals surface area contributed by atoms with Crippen LogP contribution in [0.1, 0.15) is 29.7 Å². The van der Waals surface area contributed by atoms with Gasteiger partial charge in [-0.15, -0.1) is 0 Å². The van der Waals surface area contributed by atoms with E-state index in [1.54, 1.807) is 16.4 Å². The number of hydrogen-bond acceptors (Lipinski definition) is 5. The van der Waals surface area contributed by atoms with Gasteiger partial charge in [0.1, 0.15) is 5.82 Å². The number of thioether (sulfide) groups is 1. The molecule has 0 unspecified atom stereocenters. The quantitative estimate of drug-likeness (QED) is 0.787. The maximum Gasteiger partial charge on any atom is 0.314 e. The Morgan fingerprint density at radius 2 is 2.07 bits per heavy atom. The largest absolute Gasteiger partial charge is 0.376 e. The molecule has 7 nitrogen and oxygen atoms in total. The Hall–Kier alpha value is -2.32. The van der Waals surface area contributed by atoms with E-state index in [0.717, 1.165) is 46.9 Å². The van der Waals surface area contributed by atoms with E-state index in [1.807, 2.05) is 31.2 Å². The summed E-state index contributed by atoms with van der Waals surface area (Å²) in [6, 6.07) is 7.91. The number of fused-ring (bicyclic) bond motifs is 1. The van der Waals surface area contributed by atoms with Crippen LogP contribution in [0.5, 0.6) is 0 Å². The van der Waals surface area contributed by atoms with Crippen molar-refractivity contribution in [3.8, 4) is 5.69 Å². The highest BCUT2D eigenvalue weighted by Gasteiger charge is 2.27. The number of aryl methyl sites for hydroxylation is 1. The zero-order valence-electron chi connectivity index (χ0n) is 15.2. The molecule has 1 saturated heterocycles. The molecule has 142 valence electrons. The number of ether oxygens (including phenoxy) is 1. The normalized spacial score (nSPS) is 18.3. The van der Waals surface area contributed by atoms with Gasteiger partial charge >= 0.3 is 11.8 Å². The molecule has 0 saturated carbocycles. The highest BCUT2D eigenvalue weighted by atomic mass is 32.2. The third-order valence-electron chi connectivity index (χ3n) is 4.78. The van der Waals surface area contributed by atoms with E-state index in [2.05, 4.69) is 15.7 Å². The lowest BCUT2D eigenvalue weighted by molar-refractivity contribution is -0.136. The highest BCUT2D eigenvalue weighted by molar-refractivity contribution is 7.98.